The highest BCUT2D eigenvalue weighted by atomic mass is 16.7. The van der Waals surface area contributed by atoms with Crippen LogP contribution in [0.4, 0.5) is 0 Å². The van der Waals surface area contributed by atoms with Crippen molar-refractivity contribution in [3.05, 3.63) is 56.0 Å². The number of hydrogen-bond acceptors (Lipinski definition) is 17. The molecule has 1 fully saturated rings. The van der Waals surface area contributed by atoms with Crippen molar-refractivity contribution in [1.82, 2.24) is 0 Å². The molecule has 0 unspecified atom stereocenters. The summed E-state index contributed by atoms with van der Waals surface area (Å²) in [6, 6.07) is 4.16. The first kappa shape index (κ1) is 33.4. The summed E-state index contributed by atoms with van der Waals surface area (Å²) < 4.78 is 27.7. The Labute approximate surface area is 278 Å². The van der Waals surface area contributed by atoms with Gasteiger partial charge in [-0.25, -0.2) is 0 Å². The van der Waals surface area contributed by atoms with E-state index in [1.54, 1.807) is 0 Å². The molecule has 10 N–H and O–H groups in total. The van der Waals surface area contributed by atoms with Crippen LogP contribution in [0.1, 0.15) is 36.4 Å². The third-order valence-corrected chi connectivity index (χ3v) is 9.13. The number of phenolic OH excluding ortho intramolecular Hbond substituents is 5. The van der Waals surface area contributed by atoms with Gasteiger partial charge < -0.3 is 74.1 Å². The topological polar surface area (TPSA) is 290 Å². The van der Waals surface area contributed by atoms with Gasteiger partial charge in [-0.3, -0.25) is 9.59 Å². The standard InChI is InChI=1S/C33H30O17/c1-46-9-4-12(36)20-16(5-9)47-32-14(38)6-10(24(39)23(32)27(20)42)19-13(37)7-17-21(26(19)41)28(43)22-15(3-2-11(35)31(22)48-17)49-33-30(45)29(44)25(40)18(8-34)50-33/h4-7,11,15,18,25,29-30,33-41,44-45H,2-3,8H2,1H3/t11-,15+,18-,25-,29+,30-,33-/m1/s1. The third-order valence-electron chi connectivity index (χ3n) is 9.13. The second kappa shape index (κ2) is 12.0. The van der Waals surface area contributed by atoms with E-state index in [1.807, 2.05) is 0 Å². The Morgan fingerprint density at radius 1 is 0.760 bits per heavy atom. The third kappa shape index (κ3) is 4.90. The molecule has 264 valence electrons. The number of benzene rings is 3. The van der Waals surface area contributed by atoms with Gasteiger partial charge in [0.25, 0.3) is 0 Å². The molecular formula is C33H30O17. The number of aromatic hydroxyl groups is 5. The van der Waals surface area contributed by atoms with Crippen LogP contribution in [0.3, 0.4) is 0 Å². The summed E-state index contributed by atoms with van der Waals surface area (Å²) in [5, 5.41) is 105. The van der Waals surface area contributed by atoms with Crippen molar-refractivity contribution in [2.75, 3.05) is 13.7 Å². The molecule has 2 aliphatic rings. The van der Waals surface area contributed by atoms with E-state index >= 15 is 0 Å². The van der Waals surface area contributed by atoms with Crippen LogP contribution in [0, 0.1) is 0 Å². The molecule has 17 heteroatoms. The molecule has 0 saturated carbocycles. The molecule has 3 heterocycles. The number of rotatable bonds is 5. The van der Waals surface area contributed by atoms with Gasteiger partial charge in [-0.15, -0.1) is 0 Å². The molecule has 0 bridgehead atoms. The first-order valence-corrected chi connectivity index (χ1v) is 15.2. The van der Waals surface area contributed by atoms with Crippen molar-refractivity contribution in [1.29, 1.82) is 0 Å². The number of methoxy groups -OCH3 is 1. The van der Waals surface area contributed by atoms with Gasteiger partial charge in [-0.05, 0) is 18.9 Å². The monoisotopic (exact) mass is 698 g/mol. The minimum Gasteiger partial charge on any atom is -0.507 e. The fraction of sp³-hybridized carbons (Fsp3) is 0.333. The van der Waals surface area contributed by atoms with Gasteiger partial charge in [-0.1, -0.05) is 0 Å². The van der Waals surface area contributed by atoms with E-state index in [9.17, 15) is 60.7 Å². The maximum absolute atomic E-state index is 14.1. The largest absolute Gasteiger partial charge is 0.507 e. The van der Waals surface area contributed by atoms with E-state index in [2.05, 4.69) is 0 Å². The molecule has 7 atom stereocenters. The Morgan fingerprint density at radius 2 is 1.48 bits per heavy atom. The summed E-state index contributed by atoms with van der Waals surface area (Å²) in [6.45, 7) is -0.747. The summed E-state index contributed by atoms with van der Waals surface area (Å²) in [5.74, 6) is -4.16. The van der Waals surface area contributed by atoms with E-state index in [0.29, 0.717) is 0 Å². The number of hydrogen-bond donors (Lipinski definition) is 10. The van der Waals surface area contributed by atoms with Crippen LogP contribution in [-0.2, 0) is 9.47 Å². The Kier molecular flexibility index (Phi) is 8.02. The van der Waals surface area contributed by atoms with Crippen molar-refractivity contribution in [3.63, 3.8) is 0 Å². The highest BCUT2D eigenvalue weighted by molar-refractivity contribution is 6.05. The van der Waals surface area contributed by atoms with E-state index in [1.165, 1.54) is 13.2 Å². The van der Waals surface area contributed by atoms with Gasteiger partial charge in [0.05, 0.1) is 30.9 Å². The average Bonchev–Trinajstić information content (AvgIpc) is 3.07. The van der Waals surface area contributed by atoms with Crippen LogP contribution in [0.25, 0.3) is 44.0 Å². The maximum Gasteiger partial charge on any atom is 0.208 e. The molecule has 1 aliphatic heterocycles. The SMILES string of the molecule is COc1cc(O)c2c(=O)c3c(O)c(-c4c(O)cc5oc6c(c(=O)c5c4O)[C@@H](O[C@@H]4O[C@H](CO)[C@@H](O)[C@H](O)[C@H]4O)CC[C@H]6O)cc(O)c3oc2c1. The summed E-state index contributed by atoms with van der Waals surface area (Å²) in [4.78, 5) is 27.7. The molecule has 1 saturated heterocycles. The minimum absolute atomic E-state index is 0.0244. The maximum atomic E-state index is 14.1. The first-order chi connectivity index (χ1) is 23.8. The van der Waals surface area contributed by atoms with Crippen molar-refractivity contribution in [2.24, 2.45) is 0 Å². The molecule has 17 nitrogen and oxygen atoms in total. The zero-order valence-electron chi connectivity index (χ0n) is 25.8. The lowest BCUT2D eigenvalue weighted by Gasteiger charge is -2.41. The van der Waals surface area contributed by atoms with Crippen LogP contribution < -0.4 is 15.6 Å². The smallest absolute Gasteiger partial charge is 0.208 e. The Morgan fingerprint density at radius 3 is 2.18 bits per heavy atom. The number of aliphatic hydroxyl groups is 5. The quantitative estimate of drug-likeness (QED) is 0.0902. The highest BCUT2D eigenvalue weighted by Gasteiger charge is 2.46. The zero-order valence-corrected chi connectivity index (χ0v) is 25.8. The van der Waals surface area contributed by atoms with E-state index in [0.717, 1.165) is 18.2 Å². The van der Waals surface area contributed by atoms with Gasteiger partial charge in [0.2, 0.25) is 10.9 Å². The molecule has 1 aliphatic carbocycles. The number of aliphatic hydroxyl groups excluding tert-OH is 5. The average molecular weight is 699 g/mol. The first-order valence-electron chi connectivity index (χ1n) is 15.2. The predicted octanol–water partition coefficient (Wildman–Crippen LogP) is 0.941. The zero-order chi connectivity index (χ0) is 35.9. The summed E-state index contributed by atoms with van der Waals surface area (Å²) >= 11 is 0. The molecule has 0 amide bonds. The van der Waals surface area contributed by atoms with Crippen molar-refractivity contribution >= 4 is 32.9 Å². The Bertz CT molecular complexity index is 2310. The van der Waals surface area contributed by atoms with Crippen LogP contribution in [0.15, 0.2) is 42.7 Å². The van der Waals surface area contributed by atoms with Crippen LogP contribution in [0.5, 0.6) is 34.5 Å². The molecule has 5 aromatic rings. The molecule has 3 aromatic carbocycles. The molecular weight excluding hydrogens is 668 g/mol. The van der Waals surface area contributed by atoms with Crippen LogP contribution in [0.2, 0.25) is 0 Å². The molecule has 0 spiro atoms. The summed E-state index contributed by atoms with van der Waals surface area (Å²) in [6.07, 6.45) is -11.0. The highest BCUT2D eigenvalue weighted by Crippen LogP contribution is 2.50. The van der Waals surface area contributed by atoms with Crippen LogP contribution in [-0.4, -0.2) is 95.5 Å². The summed E-state index contributed by atoms with van der Waals surface area (Å²) in [7, 11) is 1.31. The van der Waals surface area contributed by atoms with Gasteiger partial charge in [0.1, 0.15) is 92.4 Å². The number of ether oxygens (including phenoxy) is 3. The Balaban J connectivity index is 1.41. The molecule has 2 aromatic heterocycles. The Hall–Kier alpha value is -5.14. The van der Waals surface area contributed by atoms with Gasteiger partial charge in [-0.2, -0.15) is 0 Å². The lowest BCUT2D eigenvalue weighted by atomic mass is 9.89. The molecule has 0 radical (unpaired) electrons. The fourth-order valence-electron chi connectivity index (χ4n) is 6.62. The van der Waals surface area contributed by atoms with Crippen molar-refractivity contribution in [3.8, 4) is 45.6 Å². The lowest BCUT2D eigenvalue weighted by Crippen LogP contribution is -2.59. The summed E-state index contributed by atoms with van der Waals surface area (Å²) in [5.41, 5.74) is -4.57. The van der Waals surface area contributed by atoms with Gasteiger partial charge >= 0.3 is 0 Å². The second-order valence-corrected chi connectivity index (χ2v) is 12.1. The van der Waals surface area contributed by atoms with Crippen molar-refractivity contribution in [2.45, 2.75) is 55.8 Å². The van der Waals surface area contributed by atoms with E-state index in [-0.39, 0.29) is 40.9 Å². The lowest BCUT2D eigenvalue weighted by molar-refractivity contribution is -0.314. The van der Waals surface area contributed by atoms with Crippen LogP contribution >= 0.6 is 0 Å². The fourth-order valence-corrected chi connectivity index (χ4v) is 6.62. The normalized spacial score (nSPS) is 25.3. The van der Waals surface area contributed by atoms with Gasteiger partial charge in [0, 0.05) is 23.8 Å². The predicted molar refractivity (Wildman–Crippen MR) is 168 cm³/mol. The number of phenols is 5. The van der Waals surface area contributed by atoms with Gasteiger partial charge in [0.15, 0.2) is 17.6 Å². The minimum atomic E-state index is -1.82. The van der Waals surface area contributed by atoms with Crippen molar-refractivity contribution < 1.29 is 74.1 Å². The van der Waals surface area contributed by atoms with E-state index < -0.39 is 122 Å². The molecule has 7 rings (SSSR count). The second-order valence-electron chi connectivity index (χ2n) is 12.1. The van der Waals surface area contributed by atoms with E-state index in [4.69, 9.17) is 23.0 Å². The number of fused-ring (bicyclic) bond motifs is 4. The molecule has 50 heavy (non-hydrogen) atoms.